The normalized spacial score (nSPS) is 17.9. The van der Waals surface area contributed by atoms with E-state index in [2.05, 4.69) is 10.6 Å². The van der Waals surface area contributed by atoms with Crippen molar-refractivity contribution >= 4 is 28.6 Å². The van der Waals surface area contributed by atoms with Gasteiger partial charge in [0.1, 0.15) is 11.6 Å². The first-order valence-electron chi connectivity index (χ1n) is 13.7. The van der Waals surface area contributed by atoms with Crippen LogP contribution >= 0.6 is 0 Å². The highest BCUT2D eigenvalue weighted by molar-refractivity contribution is 5.90. The second-order valence-corrected chi connectivity index (χ2v) is 10.7. The smallest absolute Gasteiger partial charge is 0.227 e. The summed E-state index contributed by atoms with van der Waals surface area (Å²) in [5.41, 5.74) is 2.99. The maximum atomic E-state index is 14.8. The number of halogens is 1. The molecular formula is C32H36FN5O. The Hall–Kier alpha value is -4.00. The van der Waals surface area contributed by atoms with Gasteiger partial charge in [-0.15, -0.1) is 0 Å². The molecule has 4 aromatic rings. The predicted octanol–water partition coefficient (Wildman–Crippen LogP) is 6.39. The molecule has 0 saturated heterocycles. The van der Waals surface area contributed by atoms with Gasteiger partial charge in [0, 0.05) is 37.6 Å². The van der Waals surface area contributed by atoms with Crippen molar-refractivity contribution in [1.29, 1.82) is 0 Å². The van der Waals surface area contributed by atoms with Crippen LogP contribution in [-0.4, -0.2) is 42.6 Å². The number of carbonyl (C=O) groups excluding carboxylic acids is 1. The Morgan fingerprint density at radius 2 is 1.69 bits per heavy atom. The van der Waals surface area contributed by atoms with Crippen molar-refractivity contribution in [1.82, 2.24) is 15.3 Å². The van der Waals surface area contributed by atoms with E-state index in [1.807, 2.05) is 86.6 Å². The van der Waals surface area contributed by atoms with E-state index in [0.29, 0.717) is 35.6 Å². The molecule has 6 nitrogen and oxygen atoms in total. The van der Waals surface area contributed by atoms with Crippen molar-refractivity contribution < 1.29 is 9.18 Å². The van der Waals surface area contributed by atoms with Crippen LogP contribution in [0.25, 0.3) is 22.0 Å². The Kier molecular flexibility index (Phi) is 8.05. The van der Waals surface area contributed by atoms with E-state index in [0.717, 1.165) is 48.0 Å². The molecule has 2 N–H and O–H groups in total. The summed E-state index contributed by atoms with van der Waals surface area (Å²) in [5, 5.41) is 7.69. The Morgan fingerprint density at radius 1 is 0.974 bits per heavy atom. The average Bonchev–Trinajstić information content (AvgIpc) is 2.96. The summed E-state index contributed by atoms with van der Waals surface area (Å²) < 4.78 is 14.8. The van der Waals surface area contributed by atoms with Gasteiger partial charge in [0.2, 0.25) is 11.9 Å². The molecule has 0 spiro atoms. The second-order valence-electron chi connectivity index (χ2n) is 10.7. The lowest BCUT2D eigenvalue weighted by Crippen LogP contribution is -2.36. The summed E-state index contributed by atoms with van der Waals surface area (Å²) in [6, 6.07) is 22.9. The van der Waals surface area contributed by atoms with Gasteiger partial charge in [-0.1, -0.05) is 54.6 Å². The zero-order valence-corrected chi connectivity index (χ0v) is 22.8. The Labute approximate surface area is 229 Å². The first-order valence-corrected chi connectivity index (χ1v) is 13.7. The number of aromatic nitrogens is 2. The fraction of sp³-hybridized carbons (Fsp3) is 0.344. The highest BCUT2D eigenvalue weighted by atomic mass is 19.1. The van der Waals surface area contributed by atoms with Gasteiger partial charge in [-0.25, -0.2) is 9.37 Å². The molecule has 1 heterocycles. The van der Waals surface area contributed by atoms with Crippen LogP contribution in [0.2, 0.25) is 0 Å². The molecule has 0 aliphatic heterocycles. The number of fused-ring (bicyclic) bond motifs is 1. The number of carbonyl (C=O) groups is 1. The van der Waals surface area contributed by atoms with Crippen LogP contribution in [0.5, 0.6) is 0 Å². The molecule has 1 aliphatic carbocycles. The van der Waals surface area contributed by atoms with Crippen LogP contribution in [0.15, 0.2) is 72.8 Å². The van der Waals surface area contributed by atoms with Crippen molar-refractivity contribution in [2.24, 2.45) is 5.92 Å². The van der Waals surface area contributed by atoms with E-state index in [-0.39, 0.29) is 11.7 Å². The fourth-order valence-electron chi connectivity index (χ4n) is 5.36. The van der Waals surface area contributed by atoms with Gasteiger partial charge in [0.25, 0.3) is 0 Å². The number of hydrogen-bond donors (Lipinski definition) is 2. The van der Waals surface area contributed by atoms with E-state index >= 15 is 0 Å². The number of amides is 1. The minimum atomic E-state index is -0.418. The van der Waals surface area contributed by atoms with E-state index in [1.165, 1.54) is 6.07 Å². The lowest BCUT2D eigenvalue weighted by atomic mass is 9.86. The van der Waals surface area contributed by atoms with Crippen LogP contribution < -0.4 is 15.5 Å². The highest BCUT2D eigenvalue weighted by Gasteiger charge is 2.24. The van der Waals surface area contributed by atoms with Crippen LogP contribution in [0, 0.1) is 11.7 Å². The lowest BCUT2D eigenvalue weighted by molar-refractivity contribution is -0.122. The van der Waals surface area contributed by atoms with Crippen LogP contribution in [0.4, 0.5) is 16.2 Å². The summed E-state index contributed by atoms with van der Waals surface area (Å²) in [6.45, 7) is 2.47. The molecule has 0 bridgehead atoms. The number of anilines is 2. The topological polar surface area (TPSA) is 70.2 Å². The molecular weight excluding hydrogens is 489 g/mol. The van der Waals surface area contributed by atoms with Crippen molar-refractivity contribution in [3.63, 3.8) is 0 Å². The summed E-state index contributed by atoms with van der Waals surface area (Å²) >= 11 is 0. The molecule has 1 aliphatic rings. The number of hydrogen-bond acceptors (Lipinski definition) is 5. The first-order chi connectivity index (χ1) is 18.9. The third-order valence-electron chi connectivity index (χ3n) is 7.72. The molecule has 1 fully saturated rings. The Bertz CT molecular complexity index is 1430. The molecule has 7 heteroatoms. The second kappa shape index (κ2) is 11.8. The molecule has 1 aromatic heterocycles. The number of rotatable bonds is 8. The minimum absolute atomic E-state index is 0.0668. The number of para-hydroxylation sites is 1. The lowest BCUT2D eigenvalue weighted by Gasteiger charge is -2.30. The molecule has 1 atom stereocenters. The standard InChI is InChI=1S/C32H36FN5O/c1-21(24-15-18-26(28(33)19-24)23-9-5-4-6-10-23)31(39)34-20-22-13-16-25(17-14-22)35-32-36-29-12-8-7-11-27(29)30(37-32)38(2)3/h4-12,15,18-19,21-22,25H,13-14,16-17,20H2,1-3H3,(H,34,39)(H,35,36,37)/t21?,22-,25+. The van der Waals surface area contributed by atoms with Crippen molar-refractivity contribution in [3.05, 3.63) is 84.2 Å². The van der Waals surface area contributed by atoms with Crippen LogP contribution in [-0.2, 0) is 4.79 Å². The summed E-state index contributed by atoms with van der Waals surface area (Å²) in [4.78, 5) is 24.4. The van der Waals surface area contributed by atoms with Gasteiger partial charge < -0.3 is 15.5 Å². The van der Waals surface area contributed by atoms with E-state index in [9.17, 15) is 9.18 Å². The zero-order valence-electron chi connectivity index (χ0n) is 22.8. The van der Waals surface area contributed by atoms with E-state index < -0.39 is 5.92 Å². The first kappa shape index (κ1) is 26.6. The molecule has 39 heavy (non-hydrogen) atoms. The molecule has 1 unspecified atom stereocenters. The number of nitrogens with zero attached hydrogens (tertiary/aromatic N) is 3. The molecule has 1 amide bonds. The maximum absolute atomic E-state index is 14.8. The number of benzene rings is 3. The monoisotopic (exact) mass is 525 g/mol. The van der Waals surface area contributed by atoms with Gasteiger partial charge in [-0.05, 0) is 67.9 Å². The molecule has 202 valence electrons. The number of nitrogens with one attached hydrogen (secondary N) is 2. The van der Waals surface area contributed by atoms with Crippen molar-refractivity contribution in [2.75, 3.05) is 30.9 Å². The van der Waals surface area contributed by atoms with E-state index in [4.69, 9.17) is 9.97 Å². The van der Waals surface area contributed by atoms with Gasteiger partial charge in [0.15, 0.2) is 0 Å². The summed E-state index contributed by atoms with van der Waals surface area (Å²) in [7, 11) is 3.99. The summed E-state index contributed by atoms with van der Waals surface area (Å²) in [5.74, 6) is 1.20. The maximum Gasteiger partial charge on any atom is 0.227 e. The molecule has 3 aromatic carbocycles. The fourth-order valence-corrected chi connectivity index (χ4v) is 5.36. The van der Waals surface area contributed by atoms with Crippen molar-refractivity contribution in [3.8, 4) is 11.1 Å². The molecule has 0 radical (unpaired) electrons. The SMILES string of the molecule is CC(C(=O)NC[C@H]1CC[C@@H](Nc2nc(N(C)C)c3ccccc3n2)CC1)c1ccc(-c2ccccc2)c(F)c1. The molecule has 5 rings (SSSR count). The quantitative estimate of drug-likeness (QED) is 0.279. The highest BCUT2D eigenvalue weighted by Crippen LogP contribution is 2.29. The third-order valence-corrected chi connectivity index (χ3v) is 7.72. The van der Waals surface area contributed by atoms with Gasteiger partial charge in [-0.2, -0.15) is 4.98 Å². The molecule has 1 saturated carbocycles. The predicted molar refractivity (Wildman–Crippen MR) is 156 cm³/mol. The van der Waals surface area contributed by atoms with E-state index in [1.54, 1.807) is 6.07 Å². The summed E-state index contributed by atoms with van der Waals surface area (Å²) in [6.07, 6.45) is 4.02. The minimum Gasteiger partial charge on any atom is -0.362 e. The van der Waals surface area contributed by atoms with Crippen molar-refractivity contribution in [2.45, 2.75) is 44.6 Å². The third kappa shape index (κ3) is 6.19. The van der Waals surface area contributed by atoms with Crippen LogP contribution in [0.3, 0.4) is 0 Å². The average molecular weight is 526 g/mol. The zero-order chi connectivity index (χ0) is 27.4. The van der Waals surface area contributed by atoms with Gasteiger partial charge >= 0.3 is 0 Å². The van der Waals surface area contributed by atoms with Gasteiger partial charge in [-0.3, -0.25) is 4.79 Å². The van der Waals surface area contributed by atoms with Crippen LogP contribution in [0.1, 0.15) is 44.1 Å². The Morgan fingerprint density at radius 3 is 2.41 bits per heavy atom. The largest absolute Gasteiger partial charge is 0.362 e. The Balaban J connectivity index is 1.12. The van der Waals surface area contributed by atoms with Gasteiger partial charge in [0.05, 0.1) is 11.4 Å².